The number of benzene rings is 1. The van der Waals surface area contributed by atoms with Gasteiger partial charge in [-0.05, 0) is 38.5 Å². The second-order valence-corrected chi connectivity index (χ2v) is 5.82. The highest BCUT2D eigenvalue weighted by Gasteiger charge is 2.40. The van der Waals surface area contributed by atoms with Crippen molar-refractivity contribution in [1.29, 1.82) is 0 Å². The van der Waals surface area contributed by atoms with Gasteiger partial charge in [-0.3, -0.25) is 14.4 Å². The first-order chi connectivity index (χ1) is 13.0. The molecule has 146 valence electrons. The Balaban J connectivity index is 2.47. The number of ether oxygens (including phenoxy) is 3. The van der Waals surface area contributed by atoms with Crippen LogP contribution in [0.15, 0.2) is 34.9 Å². The third kappa shape index (κ3) is 5.09. The maximum atomic E-state index is 12.5. The molecule has 1 aromatic heterocycles. The van der Waals surface area contributed by atoms with E-state index >= 15 is 0 Å². The minimum atomic E-state index is -1.28. The van der Waals surface area contributed by atoms with E-state index < -0.39 is 29.7 Å². The van der Waals surface area contributed by atoms with Crippen LogP contribution in [0.4, 0.5) is 0 Å². The normalized spacial score (nSPS) is 12.0. The average Bonchev–Trinajstić information content (AvgIpc) is 3.09. The molecule has 0 bridgehead atoms. The van der Waals surface area contributed by atoms with E-state index in [9.17, 15) is 14.4 Å². The zero-order valence-corrected chi connectivity index (χ0v) is 15.7. The van der Waals surface area contributed by atoms with E-state index in [0.717, 1.165) is 5.39 Å². The van der Waals surface area contributed by atoms with Crippen molar-refractivity contribution < 1.29 is 33.0 Å². The number of hydrogen-bond acceptors (Lipinski definition) is 7. The average molecular weight is 376 g/mol. The zero-order chi connectivity index (χ0) is 19.8. The monoisotopic (exact) mass is 376 g/mol. The lowest BCUT2D eigenvalue weighted by Gasteiger charge is -2.24. The molecule has 27 heavy (non-hydrogen) atoms. The summed E-state index contributed by atoms with van der Waals surface area (Å²) in [6.45, 7) is 5.41. The van der Waals surface area contributed by atoms with E-state index in [2.05, 4.69) is 0 Å². The molecule has 2 aromatic rings. The van der Waals surface area contributed by atoms with E-state index in [1.165, 1.54) is 0 Å². The van der Waals surface area contributed by atoms with E-state index in [4.69, 9.17) is 18.6 Å². The summed E-state index contributed by atoms with van der Waals surface area (Å²) >= 11 is 0. The molecule has 7 heteroatoms. The molecule has 1 unspecified atom stereocenters. The van der Waals surface area contributed by atoms with E-state index in [0.29, 0.717) is 11.1 Å². The van der Waals surface area contributed by atoms with E-state index in [-0.39, 0.29) is 26.2 Å². The fourth-order valence-corrected chi connectivity index (χ4v) is 2.92. The second kappa shape index (κ2) is 9.75. The predicted octanol–water partition coefficient (Wildman–Crippen LogP) is 3.21. The predicted molar refractivity (Wildman–Crippen MR) is 97.0 cm³/mol. The van der Waals surface area contributed by atoms with Crippen LogP contribution in [0.1, 0.15) is 38.7 Å². The van der Waals surface area contributed by atoms with Crippen molar-refractivity contribution in [2.24, 2.45) is 5.92 Å². The Morgan fingerprint density at radius 1 is 0.926 bits per heavy atom. The van der Waals surface area contributed by atoms with Gasteiger partial charge in [0.1, 0.15) is 5.58 Å². The third-order valence-electron chi connectivity index (χ3n) is 4.08. The molecule has 0 spiro atoms. The smallest absolute Gasteiger partial charge is 0.320 e. The molecule has 1 atom stereocenters. The maximum absolute atomic E-state index is 12.5. The SMILES string of the molecule is CCOC(=O)CC(c1ccc2ccoc2c1)C(C(=O)OCC)C(=O)OCC. The van der Waals surface area contributed by atoms with Crippen molar-refractivity contribution in [2.45, 2.75) is 33.1 Å². The molecule has 0 aliphatic heterocycles. The van der Waals surface area contributed by atoms with Gasteiger partial charge in [-0.2, -0.15) is 0 Å². The second-order valence-electron chi connectivity index (χ2n) is 5.82. The quantitative estimate of drug-likeness (QED) is 0.377. The number of rotatable bonds is 9. The Morgan fingerprint density at radius 3 is 2.15 bits per heavy atom. The molecule has 0 fully saturated rings. The maximum Gasteiger partial charge on any atom is 0.320 e. The summed E-state index contributed by atoms with van der Waals surface area (Å²) in [6, 6.07) is 7.07. The van der Waals surface area contributed by atoms with Crippen molar-refractivity contribution in [1.82, 2.24) is 0 Å². The molecular weight excluding hydrogens is 352 g/mol. The molecule has 1 aromatic carbocycles. The molecular formula is C20H24O7. The molecule has 0 radical (unpaired) electrons. The summed E-state index contributed by atoms with van der Waals surface area (Å²) in [4.78, 5) is 37.2. The minimum absolute atomic E-state index is 0.109. The molecule has 2 rings (SSSR count). The van der Waals surface area contributed by atoms with E-state index in [1.807, 2.05) is 0 Å². The van der Waals surface area contributed by atoms with Crippen LogP contribution in [0.25, 0.3) is 11.0 Å². The van der Waals surface area contributed by atoms with Crippen molar-refractivity contribution in [3.8, 4) is 0 Å². The molecule has 0 aliphatic carbocycles. The van der Waals surface area contributed by atoms with Crippen LogP contribution >= 0.6 is 0 Å². The fraction of sp³-hybridized carbons (Fsp3) is 0.450. The van der Waals surface area contributed by atoms with Gasteiger partial charge in [0.15, 0.2) is 5.92 Å². The fourth-order valence-electron chi connectivity index (χ4n) is 2.92. The highest BCUT2D eigenvalue weighted by molar-refractivity contribution is 5.97. The number of carbonyl (C=O) groups excluding carboxylic acids is 3. The van der Waals surface area contributed by atoms with Gasteiger partial charge >= 0.3 is 17.9 Å². The van der Waals surface area contributed by atoms with Crippen LogP contribution in [-0.4, -0.2) is 37.7 Å². The standard InChI is InChI=1S/C20H24O7/c1-4-24-17(21)12-15(14-8-7-13-9-10-27-16(13)11-14)18(19(22)25-5-2)20(23)26-6-3/h7-11,15,18H,4-6,12H2,1-3H3. The summed E-state index contributed by atoms with van der Waals surface area (Å²) in [5.74, 6) is -4.05. The Bertz CT molecular complexity index is 774. The molecule has 0 aliphatic rings. The lowest BCUT2D eigenvalue weighted by molar-refractivity contribution is -0.163. The van der Waals surface area contributed by atoms with Gasteiger partial charge in [-0.25, -0.2) is 0 Å². The van der Waals surface area contributed by atoms with Gasteiger partial charge < -0.3 is 18.6 Å². The van der Waals surface area contributed by atoms with Crippen LogP contribution in [0.3, 0.4) is 0 Å². The minimum Gasteiger partial charge on any atom is -0.466 e. The van der Waals surface area contributed by atoms with Gasteiger partial charge in [0.2, 0.25) is 0 Å². The summed E-state index contributed by atoms with van der Waals surface area (Å²) in [5, 5.41) is 0.873. The Hall–Kier alpha value is -2.83. The Kier molecular flexibility index (Phi) is 7.40. The third-order valence-corrected chi connectivity index (χ3v) is 4.08. The molecule has 0 saturated carbocycles. The number of carbonyl (C=O) groups is 3. The van der Waals surface area contributed by atoms with Crippen molar-refractivity contribution in [3.05, 3.63) is 36.1 Å². The molecule has 1 heterocycles. The summed E-state index contributed by atoms with van der Waals surface area (Å²) < 4.78 is 20.6. The Labute approximate surface area is 157 Å². The lowest BCUT2D eigenvalue weighted by Crippen LogP contribution is -2.34. The summed E-state index contributed by atoms with van der Waals surface area (Å²) in [6.07, 6.45) is 1.38. The van der Waals surface area contributed by atoms with E-state index in [1.54, 1.807) is 51.3 Å². The highest BCUT2D eigenvalue weighted by Crippen LogP contribution is 2.33. The molecule has 0 saturated heterocycles. The van der Waals surface area contributed by atoms with Crippen LogP contribution < -0.4 is 0 Å². The van der Waals surface area contributed by atoms with Crippen LogP contribution in [0.2, 0.25) is 0 Å². The number of hydrogen-bond donors (Lipinski definition) is 0. The van der Waals surface area contributed by atoms with Crippen molar-refractivity contribution in [2.75, 3.05) is 19.8 Å². The topological polar surface area (TPSA) is 92.0 Å². The van der Waals surface area contributed by atoms with Gasteiger partial charge in [0.05, 0.1) is 32.5 Å². The van der Waals surface area contributed by atoms with Gasteiger partial charge in [-0.1, -0.05) is 12.1 Å². The molecule has 0 N–H and O–H groups in total. The van der Waals surface area contributed by atoms with Crippen LogP contribution in [0.5, 0.6) is 0 Å². The van der Waals surface area contributed by atoms with Gasteiger partial charge in [-0.15, -0.1) is 0 Å². The first kappa shape index (κ1) is 20.5. The molecule has 0 amide bonds. The lowest BCUT2D eigenvalue weighted by atomic mass is 9.83. The first-order valence-electron chi connectivity index (χ1n) is 8.97. The van der Waals surface area contributed by atoms with Crippen molar-refractivity contribution >= 4 is 28.9 Å². The number of furan rings is 1. The zero-order valence-electron chi connectivity index (χ0n) is 15.7. The number of esters is 3. The van der Waals surface area contributed by atoms with Crippen LogP contribution in [-0.2, 0) is 28.6 Å². The summed E-state index contributed by atoms with van der Waals surface area (Å²) in [7, 11) is 0. The molecule has 7 nitrogen and oxygen atoms in total. The van der Waals surface area contributed by atoms with Gasteiger partial charge in [0, 0.05) is 11.3 Å². The number of fused-ring (bicyclic) bond motifs is 1. The van der Waals surface area contributed by atoms with Gasteiger partial charge in [0.25, 0.3) is 0 Å². The van der Waals surface area contributed by atoms with Crippen LogP contribution in [0, 0.1) is 5.92 Å². The van der Waals surface area contributed by atoms with Crippen molar-refractivity contribution in [3.63, 3.8) is 0 Å². The highest BCUT2D eigenvalue weighted by atomic mass is 16.6. The first-order valence-corrected chi connectivity index (χ1v) is 8.97. The Morgan fingerprint density at radius 2 is 1.56 bits per heavy atom. The largest absolute Gasteiger partial charge is 0.466 e. The summed E-state index contributed by atoms with van der Waals surface area (Å²) in [5.41, 5.74) is 1.18.